The molecule has 282 valence electrons. The predicted molar refractivity (Wildman–Crippen MR) is 242 cm³/mol. The molecule has 0 bridgehead atoms. The van der Waals surface area contributed by atoms with E-state index in [1.54, 1.807) is 0 Å². The van der Waals surface area contributed by atoms with Crippen molar-refractivity contribution in [2.45, 2.75) is 18.8 Å². The molecular weight excluding hydrogens is 737 g/mol. The molecule has 1 aliphatic rings. The molecule has 60 heavy (non-hydrogen) atoms. The number of rotatable bonds is 4. The molecule has 0 saturated carbocycles. The molecule has 6 heteroatoms. The number of para-hydroxylation sites is 4. The molecule has 0 radical (unpaired) electrons. The fraction of sp³-hybridized carbons (Fsp3) is 0.0556. The van der Waals surface area contributed by atoms with E-state index < -0.39 is 0 Å². The van der Waals surface area contributed by atoms with Crippen LogP contribution >= 0.6 is 0 Å². The van der Waals surface area contributed by atoms with Crippen molar-refractivity contribution in [1.82, 2.24) is 19.5 Å². The molecule has 0 fully saturated rings. The largest absolute Gasteiger partial charge is 0.456 e. The second kappa shape index (κ2) is 12.8. The number of hydrogen-bond donors (Lipinski definition) is 0. The van der Waals surface area contributed by atoms with E-state index in [4.69, 9.17) is 23.8 Å². The highest BCUT2D eigenvalue weighted by Crippen LogP contribution is 2.45. The molecule has 12 aromatic rings. The van der Waals surface area contributed by atoms with Crippen molar-refractivity contribution in [2.24, 2.45) is 0 Å². The molecule has 0 saturated heterocycles. The lowest BCUT2D eigenvalue weighted by atomic mass is 9.86. The first-order valence-electron chi connectivity index (χ1n) is 20.5. The molecule has 4 aromatic heterocycles. The van der Waals surface area contributed by atoms with Crippen molar-refractivity contribution >= 4 is 65.7 Å². The van der Waals surface area contributed by atoms with Gasteiger partial charge in [-0.3, -0.25) is 4.57 Å². The van der Waals surface area contributed by atoms with Crippen molar-refractivity contribution < 1.29 is 8.83 Å². The number of hydrogen-bond acceptors (Lipinski definition) is 5. The standard InChI is InChI=1S/C54H34N4O2/c1-2-13-32(14-3-1)35-27-25-33-29-45-38-17-6-9-22-46(38)58(47(45)31-44(33)37-16-5-4-15-36(35)37)54-56-52(34-26-28-41-39-18-7-10-23-48(39)59-50(41)30-34)55-53(57-54)43-21-12-20-42-40-19-8-11-24-49(40)60-51(42)43/h1-24,26,28-31,35H,25,27H2. The monoisotopic (exact) mass is 770 g/mol. The molecule has 6 nitrogen and oxygen atoms in total. The summed E-state index contributed by atoms with van der Waals surface area (Å²) < 4.78 is 15.2. The van der Waals surface area contributed by atoms with E-state index in [9.17, 15) is 0 Å². The summed E-state index contributed by atoms with van der Waals surface area (Å²) in [4.78, 5) is 16.0. The van der Waals surface area contributed by atoms with Gasteiger partial charge in [-0.1, -0.05) is 127 Å². The van der Waals surface area contributed by atoms with Crippen LogP contribution < -0.4 is 0 Å². The first-order valence-corrected chi connectivity index (χ1v) is 20.5. The predicted octanol–water partition coefficient (Wildman–Crippen LogP) is 13.8. The minimum absolute atomic E-state index is 0.298. The number of furan rings is 2. The molecule has 0 N–H and O–H groups in total. The van der Waals surface area contributed by atoms with Crippen molar-refractivity contribution in [1.29, 1.82) is 0 Å². The van der Waals surface area contributed by atoms with Gasteiger partial charge in [0.2, 0.25) is 5.95 Å². The van der Waals surface area contributed by atoms with Gasteiger partial charge >= 0.3 is 0 Å². The van der Waals surface area contributed by atoms with Crippen molar-refractivity contribution in [3.63, 3.8) is 0 Å². The van der Waals surface area contributed by atoms with E-state index in [-0.39, 0.29) is 0 Å². The van der Waals surface area contributed by atoms with E-state index in [1.165, 1.54) is 33.2 Å². The topological polar surface area (TPSA) is 69.9 Å². The Hall–Kier alpha value is -7.83. The highest BCUT2D eigenvalue weighted by Gasteiger charge is 2.27. The maximum atomic E-state index is 6.57. The molecule has 0 aliphatic heterocycles. The van der Waals surface area contributed by atoms with Crippen LogP contribution in [0, 0.1) is 0 Å². The average Bonchev–Trinajstić information content (AvgIpc) is 3.94. The Balaban J connectivity index is 1.08. The maximum absolute atomic E-state index is 6.57. The van der Waals surface area contributed by atoms with Gasteiger partial charge in [0.05, 0.1) is 16.6 Å². The van der Waals surface area contributed by atoms with Gasteiger partial charge in [-0.15, -0.1) is 0 Å². The van der Waals surface area contributed by atoms with Crippen LogP contribution in [0.4, 0.5) is 0 Å². The smallest absolute Gasteiger partial charge is 0.238 e. The Morgan fingerprint density at radius 2 is 1.13 bits per heavy atom. The Morgan fingerprint density at radius 3 is 2.02 bits per heavy atom. The van der Waals surface area contributed by atoms with E-state index in [0.29, 0.717) is 23.5 Å². The lowest BCUT2D eigenvalue weighted by Crippen LogP contribution is -2.06. The van der Waals surface area contributed by atoms with Gasteiger partial charge in [0, 0.05) is 43.8 Å². The summed E-state index contributed by atoms with van der Waals surface area (Å²) in [6.07, 6.45) is 1.99. The lowest BCUT2D eigenvalue weighted by molar-refractivity contribution is 0.668. The fourth-order valence-electron chi connectivity index (χ4n) is 9.77. The summed E-state index contributed by atoms with van der Waals surface area (Å²) in [5.41, 5.74) is 13.5. The van der Waals surface area contributed by atoms with Gasteiger partial charge in [0.1, 0.15) is 22.3 Å². The summed E-state index contributed by atoms with van der Waals surface area (Å²) in [5.74, 6) is 1.90. The van der Waals surface area contributed by atoms with Gasteiger partial charge in [-0.25, -0.2) is 4.98 Å². The Bertz CT molecular complexity index is 3690. The Kier molecular flexibility index (Phi) is 7.10. The van der Waals surface area contributed by atoms with E-state index in [1.807, 2.05) is 48.5 Å². The van der Waals surface area contributed by atoms with Crippen LogP contribution in [0.1, 0.15) is 29.0 Å². The summed E-state index contributed by atoms with van der Waals surface area (Å²) in [6, 6.07) is 62.0. The molecular formula is C54H34N4O2. The molecule has 1 aliphatic carbocycles. The number of aromatic nitrogens is 4. The van der Waals surface area contributed by atoms with Gasteiger partial charge in [-0.2, -0.15) is 9.97 Å². The van der Waals surface area contributed by atoms with Crippen LogP contribution in [0.5, 0.6) is 0 Å². The third kappa shape index (κ3) is 4.97. The second-order valence-electron chi connectivity index (χ2n) is 15.8. The number of benzene rings is 8. The molecule has 1 unspecified atom stereocenters. The molecule has 0 spiro atoms. The summed E-state index contributed by atoms with van der Waals surface area (Å²) in [6.45, 7) is 0. The van der Waals surface area contributed by atoms with Crippen LogP contribution in [-0.4, -0.2) is 19.5 Å². The fourth-order valence-corrected chi connectivity index (χ4v) is 9.77. The second-order valence-corrected chi connectivity index (χ2v) is 15.8. The van der Waals surface area contributed by atoms with Crippen molar-refractivity contribution in [2.75, 3.05) is 0 Å². The molecule has 13 rings (SSSR count). The van der Waals surface area contributed by atoms with Crippen LogP contribution in [0.2, 0.25) is 0 Å². The highest BCUT2D eigenvalue weighted by atomic mass is 16.3. The summed E-state index contributed by atoms with van der Waals surface area (Å²) >= 11 is 0. The molecule has 0 amide bonds. The SMILES string of the molecule is c1ccc(C2CCc3cc4c5ccccc5n(-c5nc(-c6ccc7c(c6)oc6ccccc67)nc(-c6cccc7c6oc6ccccc67)n5)c4cc3-c3ccccc32)cc1. The Morgan fingerprint density at radius 1 is 0.450 bits per heavy atom. The van der Waals surface area contributed by atoms with Crippen molar-refractivity contribution in [3.05, 3.63) is 193 Å². The van der Waals surface area contributed by atoms with Crippen LogP contribution in [-0.2, 0) is 6.42 Å². The maximum Gasteiger partial charge on any atom is 0.238 e. The Labute approximate surface area is 344 Å². The van der Waals surface area contributed by atoms with Gasteiger partial charge in [-0.05, 0) is 89.2 Å². The zero-order valence-electron chi connectivity index (χ0n) is 32.3. The average molecular weight is 771 g/mol. The van der Waals surface area contributed by atoms with Crippen LogP contribution in [0.25, 0.3) is 106 Å². The van der Waals surface area contributed by atoms with Gasteiger partial charge in [0.25, 0.3) is 0 Å². The number of aryl methyl sites for hydroxylation is 1. The minimum atomic E-state index is 0.298. The lowest BCUT2D eigenvalue weighted by Gasteiger charge is -2.18. The zero-order valence-corrected chi connectivity index (χ0v) is 32.3. The highest BCUT2D eigenvalue weighted by molar-refractivity contribution is 6.12. The van der Waals surface area contributed by atoms with E-state index in [2.05, 4.69) is 132 Å². The van der Waals surface area contributed by atoms with E-state index in [0.717, 1.165) is 84.3 Å². The van der Waals surface area contributed by atoms with Gasteiger partial charge in [0.15, 0.2) is 11.6 Å². The third-order valence-electron chi connectivity index (χ3n) is 12.5. The first kappa shape index (κ1) is 33.2. The normalized spacial score (nSPS) is 14.0. The molecule has 8 aromatic carbocycles. The molecule has 4 heterocycles. The van der Waals surface area contributed by atoms with Gasteiger partial charge < -0.3 is 8.83 Å². The zero-order chi connectivity index (χ0) is 39.3. The minimum Gasteiger partial charge on any atom is -0.456 e. The van der Waals surface area contributed by atoms with Crippen LogP contribution in [0.3, 0.4) is 0 Å². The summed E-state index contributed by atoms with van der Waals surface area (Å²) in [7, 11) is 0. The first-order chi connectivity index (χ1) is 29.7. The number of fused-ring (bicyclic) bond motifs is 12. The molecule has 1 atom stereocenters. The van der Waals surface area contributed by atoms with E-state index >= 15 is 0 Å². The number of nitrogens with zero attached hydrogens (tertiary/aromatic N) is 4. The van der Waals surface area contributed by atoms with Crippen LogP contribution in [0.15, 0.2) is 185 Å². The third-order valence-corrected chi connectivity index (χ3v) is 12.5. The summed E-state index contributed by atoms with van der Waals surface area (Å²) in [5, 5.41) is 6.52. The van der Waals surface area contributed by atoms with Crippen molar-refractivity contribution in [3.8, 4) is 39.9 Å². The quantitative estimate of drug-likeness (QED) is 0.178.